The van der Waals surface area contributed by atoms with Crippen LogP contribution in [0.25, 0.3) is 0 Å². The quantitative estimate of drug-likeness (QED) is 0.929. The lowest BCUT2D eigenvalue weighted by Crippen LogP contribution is -2.37. The average molecular weight is 342 g/mol. The third-order valence-electron chi connectivity index (χ3n) is 4.12. The van der Waals surface area contributed by atoms with Gasteiger partial charge in [0.05, 0.1) is 0 Å². The molecule has 3 rings (SSSR count). The van der Waals surface area contributed by atoms with E-state index in [2.05, 4.69) is 5.32 Å². The number of nitrogens with one attached hydrogen (secondary N) is 1. The molecular weight excluding hydrogens is 323 g/mol. The first kappa shape index (κ1) is 17.1. The summed E-state index contributed by atoms with van der Waals surface area (Å²) >= 11 is 0. The van der Waals surface area contributed by atoms with Gasteiger partial charge in [0.25, 0.3) is 11.8 Å². The zero-order valence-electron chi connectivity index (χ0n) is 13.9. The van der Waals surface area contributed by atoms with Gasteiger partial charge in [0.15, 0.2) is 0 Å². The number of carbonyl (C=O) groups is 2. The first-order valence-electron chi connectivity index (χ1n) is 8.07. The Bertz CT molecular complexity index is 807. The van der Waals surface area contributed by atoms with Crippen LogP contribution in [-0.4, -0.2) is 32.1 Å². The van der Waals surface area contributed by atoms with Gasteiger partial charge in [0.1, 0.15) is 12.4 Å². The molecule has 2 aromatic carbocycles. The van der Waals surface area contributed by atoms with Gasteiger partial charge in [-0.3, -0.25) is 9.59 Å². The van der Waals surface area contributed by atoms with Crippen LogP contribution in [0, 0.1) is 5.82 Å². The van der Waals surface area contributed by atoms with Gasteiger partial charge in [-0.1, -0.05) is 12.1 Å². The van der Waals surface area contributed by atoms with Crippen LogP contribution in [0.4, 0.5) is 15.8 Å². The van der Waals surface area contributed by atoms with E-state index in [1.54, 1.807) is 23.1 Å². The highest BCUT2D eigenvalue weighted by atomic mass is 19.1. The lowest BCUT2D eigenvalue weighted by atomic mass is 10.0. The van der Waals surface area contributed by atoms with Gasteiger partial charge in [-0.2, -0.15) is 0 Å². The number of hydrogen-bond donors (Lipinski definition) is 1. The van der Waals surface area contributed by atoms with Gasteiger partial charge in [0.2, 0.25) is 0 Å². The summed E-state index contributed by atoms with van der Waals surface area (Å²) in [4.78, 5) is 26.2. The zero-order chi connectivity index (χ0) is 17.8. The highest BCUT2D eigenvalue weighted by Crippen LogP contribution is 2.30. The van der Waals surface area contributed by atoms with Crippen molar-refractivity contribution < 1.29 is 18.7 Å². The predicted octanol–water partition coefficient (Wildman–Crippen LogP) is 3.00. The summed E-state index contributed by atoms with van der Waals surface area (Å²) in [5, 5.41) is 2.75. The highest BCUT2D eigenvalue weighted by Gasteiger charge is 2.23. The fourth-order valence-electron chi connectivity index (χ4n) is 2.95. The lowest BCUT2D eigenvalue weighted by Gasteiger charge is -2.29. The summed E-state index contributed by atoms with van der Waals surface area (Å²) in [5.41, 5.74) is 2.64. The Morgan fingerprint density at radius 2 is 2.08 bits per heavy atom. The van der Waals surface area contributed by atoms with Gasteiger partial charge in [-0.15, -0.1) is 0 Å². The van der Waals surface area contributed by atoms with Crippen LogP contribution < -0.4 is 10.2 Å². The van der Waals surface area contributed by atoms with Crippen molar-refractivity contribution in [1.29, 1.82) is 0 Å². The molecule has 0 saturated carbocycles. The van der Waals surface area contributed by atoms with Gasteiger partial charge < -0.3 is 15.0 Å². The van der Waals surface area contributed by atoms with Gasteiger partial charge in [0, 0.05) is 30.6 Å². The number of hydrogen-bond acceptors (Lipinski definition) is 3. The molecule has 1 aliphatic heterocycles. The second kappa shape index (κ2) is 7.44. The highest BCUT2D eigenvalue weighted by molar-refractivity contribution is 6.05. The number of ether oxygens (including phenoxy) is 1. The molecule has 0 spiro atoms. The molecule has 1 N–H and O–H groups in total. The number of carbonyl (C=O) groups excluding carboxylic acids is 2. The molecule has 0 unspecified atom stereocenters. The number of fused-ring (bicyclic) bond motifs is 1. The van der Waals surface area contributed by atoms with Crippen LogP contribution in [0.3, 0.4) is 0 Å². The van der Waals surface area contributed by atoms with Crippen LogP contribution in [-0.2, 0) is 16.0 Å². The van der Waals surface area contributed by atoms with E-state index >= 15 is 0 Å². The summed E-state index contributed by atoms with van der Waals surface area (Å²) in [5.74, 6) is -0.975. The van der Waals surface area contributed by atoms with Crippen LogP contribution in [0.15, 0.2) is 42.5 Å². The summed E-state index contributed by atoms with van der Waals surface area (Å²) in [7, 11) is 1.48. The summed E-state index contributed by atoms with van der Waals surface area (Å²) in [6.45, 7) is 0.635. The molecule has 2 aromatic rings. The largest absolute Gasteiger partial charge is 0.375 e. The number of rotatable bonds is 4. The van der Waals surface area contributed by atoms with Crippen molar-refractivity contribution in [3.63, 3.8) is 0 Å². The van der Waals surface area contributed by atoms with E-state index in [0.29, 0.717) is 12.2 Å². The van der Waals surface area contributed by atoms with Crippen molar-refractivity contribution in [3.8, 4) is 0 Å². The maximum absolute atomic E-state index is 13.3. The summed E-state index contributed by atoms with van der Waals surface area (Å²) in [6, 6.07) is 11.0. The first-order valence-corrected chi connectivity index (χ1v) is 8.07. The molecule has 25 heavy (non-hydrogen) atoms. The second-order valence-electron chi connectivity index (χ2n) is 5.89. The van der Waals surface area contributed by atoms with E-state index in [-0.39, 0.29) is 18.1 Å². The summed E-state index contributed by atoms with van der Waals surface area (Å²) in [6.07, 6.45) is 1.77. The molecule has 0 bridgehead atoms. The van der Waals surface area contributed by atoms with Gasteiger partial charge in [-0.25, -0.2) is 4.39 Å². The molecule has 0 radical (unpaired) electrons. The smallest absolute Gasteiger partial charge is 0.255 e. The number of halogens is 1. The molecule has 0 aliphatic carbocycles. The van der Waals surface area contributed by atoms with Crippen LogP contribution in [0.1, 0.15) is 22.3 Å². The van der Waals surface area contributed by atoms with E-state index in [4.69, 9.17) is 4.74 Å². The number of amides is 2. The standard InChI is InChI=1S/C19H19FN2O3/c1-25-12-18(23)22-9-3-5-13-7-8-16(11-17(13)22)21-19(24)14-4-2-6-15(20)10-14/h2,4,6-8,10-11H,3,5,9,12H2,1H3,(H,21,24). The van der Waals surface area contributed by atoms with Crippen molar-refractivity contribution in [2.45, 2.75) is 12.8 Å². The number of aryl methyl sites for hydroxylation is 1. The molecule has 5 nitrogen and oxygen atoms in total. The maximum atomic E-state index is 13.3. The van der Waals surface area contributed by atoms with Gasteiger partial charge in [-0.05, 0) is 48.7 Å². The summed E-state index contributed by atoms with van der Waals surface area (Å²) < 4.78 is 18.2. The number of benzene rings is 2. The lowest BCUT2D eigenvalue weighted by molar-refractivity contribution is -0.122. The first-order chi connectivity index (χ1) is 12.1. The van der Waals surface area contributed by atoms with Crippen molar-refractivity contribution in [2.75, 3.05) is 30.5 Å². The molecule has 1 aliphatic rings. The van der Waals surface area contributed by atoms with E-state index in [0.717, 1.165) is 24.1 Å². The zero-order valence-corrected chi connectivity index (χ0v) is 13.9. The predicted molar refractivity (Wildman–Crippen MR) is 93.3 cm³/mol. The molecule has 0 fully saturated rings. The fraction of sp³-hybridized carbons (Fsp3) is 0.263. The van der Waals surface area contributed by atoms with Crippen molar-refractivity contribution in [1.82, 2.24) is 0 Å². The Hall–Kier alpha value is -2.73. The average Bonchev–Trinajstić information content (AvgIpc) is 2.61. The Kier molecular flexibility index (Phi) is 5.09. The van der Waals surface area contributed by atoms with E-state index in [1.807, 2.05) is 6.07 Å². The van der Waals surface area contributed by atoms with E-state index in [9.17, 15) is 14.0 Å². The second-order valence-corrected chi connectivity index (χ2v) is 5.89. The third kappa shape index (κ3) is 3.85. The third-order valence-corrected chi connectivity index (χ3v) is 4.12. The van der Waals surface area contributed by atoms with E-state index < -0.39 is 11.7 Å². The van der Waals surface area contributed by atoms with Crippen molar-refractivity contribution >= 4 is 23.2 Å². The Morgan fingerprint density at radius 1 is 1.24 bits per heavy atom. The Morgan fingerprint density at radius 3 is 2.84 bits per heavy atom. The van der Waals surface area contributed by atoms with Crippen LogP contribution in [0.2, 0.25) is 0 Å². The monoisotopic (exact) mass is 342 g/mol. The molecule has 1 heterocycles. The molecule has 0 aromatic heterocycles. The molecular formula is C19H19FN2O3. The number of methoxy groups -OCH3 is 1. The van der Waals surface area contributed by atoms with Gasteiger partial charge >= 0.3 is 0 Å². The number of anilines is 2. The number of nitrogens with zero attached hydrogens (tertiary/aromatic N) is 1. The molecule has 130 valence electrons. The molecule has 0 saturated heterocycles. The van der Waals surface area contributed by atoms with Crippen LogP contribution in [0.5, 0.6) is 0 Å². The van der Waals surface area contributed by atoms with E-state index in [1.165, 1.54) is 25.3 Å². The normalized spacial score (nSPS) is 13.3. The van der Waals surface area contributed by atoms with Crippen LogP contribution >= 0.6 is 0 Å². The van der Waals surface area contributed by atoms with Crippen molar-refractivity contribution in [3.05, 3.63) is 59.4 Å². The SMILES string of the molecule is COCC(=O)N1CCCc2ccc(NC(=O)c3cccc(F)c3)cc21. The molecule has 0 atom stereocenters. The minimum absolute atomic E-state index is 0.0132. The molecule has 2 amide bonds. The molecule has 6 heteroatoms. The fourth-order valence-corrected chi connectivity index (χ4v) is 2.95. The minimum Gasteiger partial charge on any atom is -0.375 e. The topological polar surface area (TPSA) is 58.6 Å². The van der Waals surface area contributed by atoms with Crippen molar-refractivity contribution in [2.24, 2.45) is 0 Å². The Labute approximate surface area is 145 Å². The Balaban J connectivity index is 1.83. The maximum Gasteiger partial charge on any atom is 0.255 e. The minimum atomic E-state index is -0.463.